The fraction of sp³-hybridized carbons (Fsp3) is 0.118. The van der Waals surface area contributed by atoms with Crippen LogP contribution >= 0.6 is 23.2 Å². The number of aromatic hydroxyl groups is 1. The maximum absolute atomic E-state index is 11.3. The van der Waals surface area contributed by atoms with Gasteiger partial charge in [0, 0.05) is 22.0 Å². The largest absolute Gasteiger partial charge is 0.508 e. The topological polar surface area (TPSA) is 105 Å². The van der Waals surface area contributed by atoms with Gasteiger partial charge in [-0.15, -0.1) is 0 Å². The SMILES string of the molecule is Cc1c(C)c2ccc(O)cc2oc1=O.O=S(=O)(O)c1cc(Cl)ccc1Cl. The third kappa shape index (κ3) is 4.56. The van der Waals surface area contributed by atoms with Gasteiger partial charge in [-0.05, 0) is 49.7 Å². The summed E-state index contributed by atoms with van der Waals surface area (Å²) in [6.07, 6.45) is 0. The molecule has 0 atom stereocenters. The van der Waals surface area contributed by atoms with Gasteiger partial charge in [-0.3, -0.25) is 4.55 Å². The number of aryl methyl sites for hydroxylation is 1. The van der Waals surface area contributed by atoms with Crippen LogP contribution in [0.1, 0.15) is 11.1 Å². The average molecular weight is 417 g/mol. The highest BCUT2D eigenvalue weighted by Gasteiger charge is 2.14. The van der Waals surface area contributed by atoms with Gasteiger partial charge in [-0.25, -0.2) is 4.79 Å². The average Bonchev–Trinajstić information content (AvgIpc) is 2.54. The Morgan fingerprint density at radius 3 is 2.23 bits per heavy atom. The van der Waals surface area contributed by atoms with Gasteiger partial charge in [0.2, 0.25) is 0 Å². The van der Waals surface area contributed by atoms with E-state index >= 15 is 0 Å². The van der Waals surface area contributed by atoms with Crippen molar-refractivity contribution in [2.45, 2.75) is 18.7 Å². The standard InChI is InChI=1S/C11H10O3.C6H4Cl2O3S/c1-6-7(2)11(13)14-10-5-8(12)3-4-9(6)10;7-4-1-2-5(8)6(3-4)12(9,10)11/h3-5,12H,1-2H3;1-3H,(H,9,10,11). The number of fused-ring (bicyclic) bond motifs is 1. The maximum atomic E-state index is 11.3. The van der Waals surface area contributed by atoms with Gasteiger partial charge in [-0.2, -0.15) is 8.42 Å². The molecule has 0 bridgehead atoms. The molecule has 138 valence electrons. The summed E-state index contributed by atoms with van der Waals surface area (Å²) >= 11 is 11.0. The molecular weight excluding hydrogens is 403 g/mol. The quantitative estimate of drug-likeness (QED) is 0.451. The van der Waals surface area contributed by atoms with Crippen LogP contribution in [0.5, 0.6) is 5.75 Å². The van der Waals surface area contributed by atoms with Gasteiger partial charge in [0.1, 0.15) is 16.2 Å². The molecule has 26 heavy (non-hydrogen) atoms. The number of phenolic OH excluding ortho intramolecular Hbond substituents is 1. The van der Waals surface area contributed by atoms with Crippen LogP contribution < -0.4 is 5.63 Å². The van der Waals surface area contributed by atoms with Gasteiger partial charge < -0.3 is 9.52 Å². The first-order valence-electron chi connectivity index (χ1n) is 7.16. The Morgan fingerprint density at radius 1 is 1.00 bits per heavy atom. The first kappa shape index (κ1) is 20.3. The van der Waals surface area contributed by atoms with Crippen LogP contribution in [0.4, 0.5) is 0 Å². The van der Waals surface area contributed by atoms with Crippen LogP contribution in [0.25, 0.3) is 11.0 Å². The highest BCUT2D eigenvalue weighted by molar-refractivity contribution is 7.86. The van der Waals surface area contributed by atoms with Crippen molar-refractivity contribution in [2.24, 2.45) is 0 Å². The molecule has 0 amide bonds. The van der Waals surface area contributed by atoms with Crippen LogP contribution in [0, 0.1) is 13.8 Å². The Morgan fingerprint density at radius 2 is 1.65 bits per heavy atom. The summed E-state index contributed by atoms with van der Waals surface area (Å²) in [6.45, 7) is 3.60. The summed E-state index contributed by atoms with van der Waals surface area (Å²) in [5.74, 6) is 0.101. The van der Waals surface area contributed by atoms with Crippen LogP contribution in [0.3, 0.4) is 0 Å². The van der Waals surface area contributed by atoms with E-state index in [2.05, 4.69) is 0 Å². The Kier molecular flexibility index (Phi) is 5.98. The summed E-state index contributed by atoms with van der Waals surface area (Å²) in [7, 11) is -4.27. The first-order chi connectivity index (χ1) is 12.0. The van der Waals surface area contributed by atoms with E-state index in [1.165, 1.54) is 18.2 Å². The van der Waals surface area contributed by atoms with E-state index in [1.807, 2.05) is 6.92 Å². The van der Waals surface area contributed by atoms with Crippen LogP contribution in [-0.4, -0.2) is 18.1 Å². The van der Waals surface area contributed by atoms with Crippen molar-refractivity contribution in [1.82, 2.24) is 0 Å². The van der Waals surface area contributed by atoms with Crippen LogP contribution in [0.2, 0.25) is 10.0 Å². The summed E-state index contributed by atoms with van der Waals surface area (Å²) in [4.78, 5) is 10.9. The predicted octanol–water partition coefficient (Wildman–Crippen LogP) is 4.36. The molecule has 0 aliphatic heterocycles. The lowest BCUT2D eigenvalue weighted by Crippen LogP contribution is -2.05. The molecule has 0 aliphatic carbocycles. The number of hydrogen-bond acceptors (Lipinski definition) is 5. The number of hydrogen-bond donors (Lipinski definition) is 2. The second-order valence-corrected chi connectivity index (χ2v) is 7.60. The highest BCUT2D eigenvalue weighted by atomic mass is 35.5. The summed E-state index contributed by atoms with van der Waals surface area (Å²) in [5, 5.41) is 10.2. The predicted molar refractivity (Wildman–Crippen MR) is 99.9 cm³/mol. The summed E-state index contributed by atoms with van der Waals surface area (Å²) in [6, 6.07) is 8.58. The molecule has 2 N–H and O–H groups in total. The van der Waals surface area contributed by atoms with Crippen molar-refractivity contribution in [3.05, 3.63) is 68.0 Å². The summed E-state index contributed by atoms with van der Waals surface area (Å²) < 4.78 is 34.9. The zero-order valence-electron chi connectivity index (χ0n) is 13.7. The van der Waals surface area contributed by atoms with Crippen molar-refractivity contribution in [3.63, 3.8) is 0 Å². The number of rotatable bonds is 1. The van der Waals surface area contributed by atoms with E-state index in [0.29, 0.717) is 11.1 Å². The third-order valence-corrected chi connectivity index (χ3v) is 5.18. The molecule has 0 unspecified atom stereocenters. The third-order valence-electron chi connectivity index (χ3n) is 3.61. The molecule has 0 aliphatic rings. The second-order valence-electron chi connectivity index (χ2n) is 5.37. The highest BCUT2D eigenvalue weighted by Crippen LogP contribution is 2.24. The molecule has 0 saturated heterocycles. The van der Waals surface area contributed by atoms with Gasteiger partial charge in [0.15, 0.2) is 0 Å². The zero-order valence-corrected chi connectivity index (χ0v) is 16.0. The molecule has 1 heterocycles. The van der Waals surface area contributed by atoms with E-state index in [4.69, 9.17) is 32.2 Å². The minimum atomic E-state index is -4.27. The molecule has 2 aromatic carbocycles. The maximum Gasteiger partial charge on any atom is 0.339 e. The Labute approximate surface area is 159 Å². The Bertz CT molecular complexity index is 1140. The molecular formula is C17H14Cl2O6S. The van der Waals surface area contributed by atoms with Crippen molar-refractivity contribution >= 4 is 44.3 Å². The van der Waals surface area contributed by atoms with E-state index in [0.717, 1.165) is 17.0 Å². The molecule has 0 spiro atoms. The normalized spacial score (nSPS) is 11.1. The van der Waals surface area contributed by atoms with Gasteiger partial charge in [0.05, 0.1) is 5.02 Å². The number of phenols is 1. The molecule has 0 saturated carbocycles. The first-order valence-corrected chi connectivity index (χ1v) is 9.36. The van der Waals surface area contributed by atoms with Crippen molar-refractivity contribution in [2.75, 3.05) is 0 Å². The molecule has 6 nitrogen and oxygen atoms in total. The molecule has 0 fully saturated rings. The number of halogens is 2. The minimum absolute atomic E-state index is 0.0538. The van der Waals surface area contributed by atoms with E-state index in [1.54, 1.807) is 19.1 Å². The fourth-order valence-corrected chi connectivity index (χ4v) is 3.35. The smallest absolute Gasteiger partial charge is 0.339 e. The van der Waals surface area contributed by atoms with Crippen LogP contribution in [-0.2, 0) is 10.1 Å². The molecule has 1 aromatic heterocycles. The van der Waals surface area contributed by atoms with Gasteiger partial charge >= 0.3 is 5.63 Å². The van der Waals surface area contributed by atoms with E-state index < -0.39 is 10.1 Å². The van der Waals surface area contributed by atoms with Crippen molar-refractivity contribution in [1.29, 1.82) is 0 Å². The van der Waals surface area contributed by atoms with Crippen molar-refractivity contribution in [3.8, 4) is 5.75 Å². The van der Waals surface area contributed by atoms with Crippen molar-refractivity contribution < 1.29 is 22.5 Å². The minimum Gasteiger partial charge on any atom is -0.508 e. The Balaban J connectivity index is 0.000000190. The lowest BCUT2D eigenvalue weighted by molar-refractivity contribution is 0.472. The molecule has 9 heteroatoms. The van der Waals surface area contributed by atoms with E-state index in [9.17, 15) is 18.3 Å². The second kappa shape index (κ2) is 7.67. The molecule has 0 radical (unpaired) electrons. The number of benzene rings is 2. The fourth-order valence-electron chi connectivity index (χ4n) is 2.11. The lowest BCUT2D eigenvalue weighted by Gasteiger charge is -2.03. The monoisotopic (exact) mass is 416 g/mol. The lowest BCUT2D eigenvalue weighted by atomic mass is 10.1. The molecule has 3 rings (SSSR count). The van der Waals surface area contributed by atoms with Crippen LogP contribution in [0.15, 0.2) is 50.5 Å². The summed E-state index contributed by atoms with van der Waals surface area (Å²) in [5.41, 5.74) is 1.60. The van der Waals surface area contributed by atoms with E-state index in [-0.39, 0.29) is 26.3 Å². The van der Waals surface area contributed by atoms with Gasteiger partial charge in [-0.1, -0.05) is 23.2 Å². The van der Waals surface area contributed by atoms with Gasteiger partial charge in [0.25, 0.3) is 10.1 Å². The Hall–Kier alpha value is -2.06. The molecule has 3 aromatic rings. The zero-order chi connectivity index (χ0) is 19.6.